The van der Waals surface area contributed by atoms with Crippen molar-refractivity contribution in [1.82, 2.24) is 4.90 Å². The molecule has 4 amide bonds. The summed E-state index contributed by atoms with van der Waals surface area (Å²) >= 11 is 0. The van der Waals surface area contributed by atoms with Crippen molar-refractivity contribution in [1.29, 1.82) is 0 Å². The van der Waals surface area contributed by atoms with E-state index in [0.717, 1.165) is 9.80 Å². The fourth-order valence-electron chi connectivity index (χ4n) is 3.86. The summed E-state index contributed by atoms with van der Waals surface area (Å²) in [5, 5.41) is 2.48. The second kappa shape index (κ2) is 9.76. The summed E-state index contributed by atoms with van der Waals surface area (Å²) in [6, 6.07) is 17.3. The van der Waals surface area contributed by atoms with E-state index < -0.39 is 42.0 Å². The van der Waals surface area contributed by atoms with Crippen molar-refractivity contribution in [3.63, 3.8) is 0 Å². The van der Waals surface area contributed by atoms with Crippen molar-refractivity contribution in [3.05, 3.63) is 89.7 Å². The molecular formula is C26H22FN3O5. The SMILES string of the molecule is COc1cccc(N(C(=O)CN2C(=O)c3ccccc3C2=O)C(C)C(=O)Nc2ccccc2F)c1. The Labute approximate surface area is 200 Å². The largest absolute Gasteiger partial charge is 0.497 e. The molecule has 1 aliphatic rings. The number of amides is 4. The smallest absolute Gasteiger partial charge is 0.262 e. The van der Waals surface area contributed by atoms with Gasteiger partial charge in [0.2, 0.25) is 11.8 Å². The molecule has 0 bridgehead atoms. The lowest BCUT2D eigenvalue weighted by Gasteiger charge is -2.30. The molecule has 178 valence electrons. The summed E-state index contributed by atoms with van der Waals surface area (Å²) in [5.74, 6) is -2.71. The molecule has 0 aliphatic carbocycles. The third-order valence-corrected chi connectivity index (χ3v) is 5.67. The predicted molar refractivity (Wildman–Crippen MR) is 127 cm³/mol. The summed E-state index contributed by atoms with van der Waals surface area (Å²) in [6.45, 7) is 0.886. The molecule has 9 heteroatoms. The van der Waals surface area contributed by atoms with E-state index in [1.165, 1.54) is 44.4 Å². The monoisotopic (exact) mass is 475 g/mol. The maximum Gasteiger partial charge on any atom is 0.262 e. The predicted octanol–water partition coefficient (Wildman–Crippen LogP) is 3.49. The molecule has 0 spiro atoms. The maximum atomic E-state index is 14.1. The number of nitrogens with zero attached hydrogens (tertiary/aromatic N) is 2. The van der Waals surface area contributed by atoms with E-state index in [0.29, 0.717) is 11.4 Å². The Kier molecular flexibility index (Phi) is 6.59. The number of anilines is 2. The quantitative estimate of drug-likeness (QED) is 0.528. The lowest BCUT2D eigenvalue weighted by atomic mass is 10.1. The number of benzene rings is 3. The highest BCUT2D eigenvalue weighted by molar-refractivity contribution is 6.23. The minimum absolute atomic E-state index is 0.0391. The first-order valence-corrected chi connectivity index (χ1v) is 10.8. The zero-order valence-corrected chi connectivity index (χ0v) is 19.0. The summed E-state index contributed by atoms with van der Waals surface area (Å²) < 4.78 is 19.3. The van der Waals surface area contributed by atoms with Gasteiger partial charge in [0.1, 0.15) is 24.2 Å². The fourth-order valence-corrected chi connectivity index (χ4v) is 3.86. The second-order valence-corrected chi connectivity index (χ2v) is 7.85. The number of rotatable bonds is 7. The van der Waals surface area contributed by atoms with Gasteiger partial charge in [0, 0.05) is 11.8 Å². The van der Waals surface area contributed by atoms with Gasteiger partial charge in [0.15, 0.2) is 0 Å². The number of methoxy groups -OCH3 is 1. The van der Waals surface area contributed by atoms with Crippen LogP contribution < -0.4 is 15.0 Å². The molecule has 1 heterocycles. The van der Waals surface area contributed by atoms with Gasteiger partial charge in [-0.3, -0.25) is 29.0 Å². The Balaban J connectivity index is 1.63. The van der Waals surface area contributed by atoms with Gasteiger partial charge in [-0.1, -0.05) is 30.3 Å². The number of carbonyl (C=O) groups is 4. The molecule has 1 atom stereocenters. The highest BCUT2D eigenvalue weighted by Gasteiger charge is 2.38. The summed E-state index contributed by atoms with van der Waals surface area (Å²) in [5.41, 5.74) is 0.692. The van der Waals surface area contributed by atoms with E-state index in [-0.39, 0.29) is 16.8 Å². The number of fused-ring (bicyclic) bond motifs is 1. The summed E-state index contributed by atoms with van der Waals surface area (Å²) in [7, 11) is 1.46. The Morgan fingerprint density at radius 3 is 2.23 bits per heavy atom. The Bertz CT molecular complexity index is 1290. The molecule has 0 fully saturated rings. The summed E-state index contributed by atoms with van der Waals surface area (Å²) in [6.07, 6.45) is 0. The Hall–Kier alpha value is -4.53. The van der Waals surface area contributed by atoms with Gasteiger partial charge in [-0.15, -0.1) is 0 Å². The van der Waals surface area contributed by atoms with Crippen LogP contribution in [0, 0.1) is 5.82 Å². The molecule has 3 aromatic rings. The van der Waals surface area contributed by atoms with Gasteiger partial charge in [0.25, 0.3) is 11.8 Å². The molecule has 8 nitrogen and oxygen atoms in total. The molecular weight excluding hydrogens is 453 g/mol. The first kappa shape index (κ1) is 23.6. The van der Waals surface area contributed by atoms with Crippen molar-refractivity contribution in [2.45, 2.75) is 13.0 Å². The lowest BCUT2D eigenvalue weighted by molar-refractivity contribution is -0.123. The number of nitrogens with one attached hydrogen (secondary N) is 1. The zero-order valence-electron chi connectivity index (χ0n) is 19.0. The molecule has 0 radical (unpaired) electrons. The number of carbonyl (C=O) groups excluding carboxylic acids is 4. The van der Waals surface area contributed by atoms with Crippen LogP contribution in [0.1, 0.15) is 27.6 Å². The molecule has 0 saturated heterocycles. The lowest BCUT2D eigenvalue weighted by Crippen LogP contribution is -2.50. The van der Waals surface area contributed by atoms with Crippen molar-refractivity contribution in [2.75, 3.05) is 23.9 Å². The van der Waals surface area contributed by atoms with Crippen LogP contribution in [-0.2, 0) is 9.59 Å². The van der Waals surface area contributed by atoms with Crippen LogP contribution >= 0.6 is 0 Å². The molecule has 1 unspecified atom stereocenters. The molecule has 0 saturated carbocycles. The molecule has 1 N–H and O–H groups in total. The van der Waals surface area contributed by atoms with Gasteiger partial charge in [-0.05, 0) is 43.3 Å². The van der Waals surface area contributed by atoms with Crippen LogP contribution in [0.2, 0.25) is 0 Å². The van der Waals surface area contributed by atoms with Crippen molar-refractivity contribution < 1.29 is 28.3 Å². The van der Waals surface area contributed by atoms with Gasteiger partial charge in [-0.2, -0.15) is 0 Å². The van der Waals surface area contributed by atoms with Crippen LogP contribution in [0.15, 0.2) is 72.8 Å². The average molecular weight is 475 g/mol. The Morgan fingerprint density at radius 2 is 1.60 bits per heavy atom. The number of hydrogen-bond acceptors (Lipinski definition) is 5. The van der Waals surface area contributed by atoms with E-state index in [1.807, 2.05) is 0 Å². The third-order valence-electron chi connectivity index (χ3n) is 5.67. The van der Waals surface area contributed by atoms with Gasteiger partial charge >= 0.3 is 0 Å². The first-order valence-electron chi connectivity index (χ1n) is 10.8. The highest BCUT2D eigenvalue weighted by Crippen LogP contribution is 2.26. The normalized spacial score (nSPS) is 13.3. The summed E-state index contributed by atoms with van der Waals surface area (Å²) in [4.78, 5) is 54.1. The second-order valence-electron chi connectivity index (χ2n) is 7.85. The molecule has 3 aromatic carbocycles. The van der Waals surface area contributed by atoms with Crippen LogP contribution in [0.25, 0.3) is 0 Å². The molecule has 1 aliphatic heterocycles. The fraction of sp³-hybridized carbons (Fsp3) is 0.154. The number of imide groups is 1. The minimum atomic E-state index is -1.12. The van der Waals surface area contributed by atoms with Gasteiger partial charge in [0.05, 0.1) is 23.9 Å². The van der Waals surface area contributed by atoms with E-state index in [2.05, 4.69) is 5.32 Å². The molecule has 4 rings (SSSR count). The standard InChI is InChI=1S/C26H22FN3O5/c1-16(24(32)28-22-13-6-5-12-21(22)27)30(17-8-7-9-18(14-17)35-2)23(31)15-29-25(33)19-10-3-4-11-20(19)26(29)34/h3-14,16H,15H2,1-2H3,(H,28,32). The van der Waals surface area contributed by atoms with Crippen LogP contribution in [0.5, 0.6) is 5.75 Å². The van der Waals surface area contributed by atoms with Crippen molar-refractivity contribution >= 4 is 35.0 Å². The van der Waals surface area contributed by atoms with Crippen LogP contribution in [-0.4, -0.2) is 48.2 Å². The number of ether oxygens (including phenoxy) is 1. The number of para-hydroxylation sites is 1. The minimum Gasteiger partial charge on any atom is -0.497 e. The van der Waals surface area contributed by atoms with E-state index >= 15 is 0 Å². The zero-order chi connectivity index (χ0) is 25.1. The van der Waals surface area contributed by atoms with Crippen molar-refractivity contribution in [3.8, 4) is 5.75 Å². The van der Waals surface area contributed by atoms with Gasteiger partial charge in [-0.25, -0.2) is 4.39 Å². The first-order chi connectivity index (χ1) is 16.8. The molecule has 0 aromatic heterocycles. The Morgan fingerprint density at radius 1 is 0.971 bits per heavy atom. The maximum absolute atomic E-state index is 14.1. The third kappa shape index (κ3) is 4.61. The van der Waals surface area contributed by atoms with E-state index in [4.69, 9.17) is 4.74 Å². The molecule has 35 heavy (non-hydrogen) atoms. The van der Waals surface area contributed by atoms with Crippen LogP contribution in [0.3, 0.4) is 0 Å². The average Bonchev–Trinajstić information content (AvgIpc) is 3.10. The van der Waals surface area contributed by atoms with Gasteiger partial charge < -0.3 is 10.1 Å². The van der Waals surface area contributed by atoms with Crippen molar-refractivity contribution in [2.24, 2.45) is 0 Å². The van der Waals surface area contributed by atoms with E-state index in [1.54, 1.807) is 42.5 Å². The van der Waals surface area contributed by atoms with E-state index in [9.17, 15) is 23.6 Å². The number of hydrogen-bond donors (Lipinski definition) is 1. The topological polar surface area (TPSA) is 96.0 Å². The number of halogens is 1. The highest BCUT2D eigenvalue weighted by atomic mass is 19.1. The van der Waals surface area contributed by atoms with Crippen LogP contribution in [0.4, 0.5) is 15.8 Å².